The molecule has 1 aromatic rings. The summed E-state index contributed by atoms with van der Waals surface area (Å²) in [6.07, 6.45) is 0.854. The van der Waals surface area contributed by atoms with Crippen LogP contribution in [0.1, 0.15) is 29.3 Å². The van der Waals surface area contributed by atoms with Gasteiger partial charge in [-0.3, -0.25) is 4.79 Å². The minimum atomic E-state index is -0.0571. The molecule has 0 saturated heterocycles. The Hall–Kier alpha value is -0.870. The molecule has 1 atom stereocenters. The Kier molecular flexibility index (Phi) is 5.65. The van der Waals surface area contributed by atoms with Gasteiger partial charge >= 0.3 is 0 Å². The molecule has 1 N–H and O–H groups in total. The standard InChI is InChI=1S/C13H18BrNO2/c1-4-12(8-17-3)15-13(16)10-5-9(2)6-11(14)7-10/h5-7,12H,4,8H2,1-3H3,(H,15,16). The van der Waals surface area contributed by atoms with Crippen molar-refractivity contribution < 1.29 is 9.53 Å². The van der Waals surface area contributed by atoms with Crippen molar-refractivity contribution in [2.24, 2.45) is 0 Å². The van der Waals surface area contributed by atoms with E-state index in [0.717, 1.165) is 16.5 Å². The van der Waals surface area contributed by atoms with E-state index in [0.29, 0.717) is 12.2 Å². The fourth-order valence-electron chi connectivity index (χ4n) is 1.60. The minimum absolute atomic E-state index is 0.0571. The van der Waals surface area contributed by atoms with E-state index >= 15 is 0 Å². The van der Waals surface area contributed by atoms with E-state index in [1.807, 2.05) is 32.0 Å². The number of carbonyl (C=O) groups is 1. The van der Waals surface area contributed by atoms with Crippen LogP contribution < -0.4 is 5.32 Å². The number of amides is 1. The number of methoxy groups -OCH3 is 1. The van der Waals surface area contributed by atoms with Crippen LogP contribution >= 0.6 is 15.9 Å². The molecule has 1 rings (SSSR count). The highest BCUT2D eigenvalue weighted by Crippen LogP contribution is 2.15. The van der Waals surface area contributed by atoms with E-state index in [1.54, 1.807) is 7.11 Å². The fraction of sp³-hybridized carbons (Fsp3) is 0.462. The summed E-state index contributed by atoms with van der Waals surface area (Å²) in [4.78, 5) is 12.0. The number of hydrogen-bond acceptors (Lipinski definition) is 2. The zero-order valence-corrected chi connectivity index (χ0v) is 12.0. The van der Waals surface area contributed by atoms with Crippen molar-refractivity contribution in [2.45, 2.75) is 26.3 Å². The number of ether oxygens (including phenoxy) is 1. The van der Waals surface area contributed by atoms with Gasteiger partial charge < -0.3 is 10.1 Å². The van der Waals surface area contributed by atoms with Gasteiger partial charge in [-0.15, -0.1) is 0 Å². The Balaban J connectivity index is 2.75. The van der Waals surface area contributed by atoms with E-state index in [1.165, 1.54) is 0 Å². The van der Waals surface area contributed by atoms with Crippen molar-refractivity contribution in [3.8, 4) is 0 Å². The predicted octanol–water partition coefficient (Wildman–Crippen LogP) is 2.91. The first kappa shape index (κ1) is 14.2. The normalized spacial score (nSPS) is 12.2. The third kappa shape index (κ3) is 4.48. The van der Waals surface area contributed by atoms with Crippen molar-refractivity contribution in [1.82, 2.24) is 5.32 Å². The van der Waals surface area contributed by atoms with Gasteiger partial charge in [0.15, 0.2) is 0 Å². The van der Waals surface area contributed by atoms with Crippen LogP contribution in [0.2, 0.25) is 0 Å². The van der Waals surface area contributed by atoms with Crippen LogP contribution in [-0.2, 0) is 4.74 Å². The van der Waals surface area contributed by atoms with Gasteiger partial charge in [0.05, 0.1) is 12.6 Å². The van der Waals surface area contributed by atoms with Gasteiger partial charge in [0, 0.05) is 17.1 Å². The van der Waals surface area contributed by atoms with E-state index in [-0.39, 0.29) is 11.9 Å². The number of halogens is 1. The number of rotatable bonds is 5. The third-order valence-corrected chi connectivity index (χ3v) is 2.96. The summed E-state index contributed by atoms with van der Waals surface area (Å²) in [6.45, 7) is 4.53. The first-order valence-electron chi connectivity index (χ1n) is 5.63. The molecule has 1 aromatic carbocycles. The molecule has 0 aliphatic carbocycles. The van der Waals surface area contributed by atoms with Gasteiger partial charge in [-0.25, -0.2) is 0 Å². The highest BCUT2D eigenvalue weighted by Gasteiger charge is 2.12. The maximum absolute atomic E-state index is 12.0. The monoisotopic (exact) mass is 299 g/mol. The lowest BCUT2D eigenvalue weighted by Crippen LogP contribution is -2.37. The van der Waals surface area contributed by atoms with Gasteiger partial charge in [-0.05, 0) is 37.1 Å². The van der Waals surface area contributed by atoms with Gasteiger partial charge in [-0.2, -0.15) is 0 Å². The second-order valence-electron chi connectivity index (χ2n) is 4.05. The number of hydrogen-bond donors (Lipinski definition) is 1. The molecule has 4 heteroatoms. The molecule has 0 aliphatic heterocycles. The Morgan fingerprint density at radius 3 is 2.71 bits per heavy atom. The second-order valence-corrected chi connectivity index (χ2v) is 4.97. The molecule has 0 bridgehead atoms. The average Bonchev–Trinajstić information content (AvgIpc) is 2.27. The SMILES string of the molecule is CCC(COC)NC(=O)c1cc(C)cc(Br)c1. The summed E-state index contributed by atoms with van der Waals surface area (Å²) in [5, 5.41) is 2.95. The van der Waals surface area contributed by atoms with Crippen molar-refractivity contribution in [3.63, 3.8) is 0 Å². The molecule has 1 amide bonds. The quantitative estimate of drug-likeness (QED) is 0.908. The molecule has 0 heterocycles. The average molecular weight is 300 g/mol. The van der Waals surface area contributed by atoms with Crippen LogP contribution in [0.15, 0.2) is 22.7 Å². The number of carbonyl (C=O) groups excluding carboxylic acids is 1. The van der Waals surface area contributed by atoms with Gasteiger partial charge in [-0.1, -0.05) is 22.9 Å². The van der Waals surface area contributed by atoms with Crippen molar-refractivity contribution >= 4 is 21.8 Å². The lowest BCUT2D eigenvalue weighted by Gasteiger charge is -2.16. The molecule has 0 aromatic heterocycles. The molecule has 0 fully saturated rings. The summed E-state index contributed by atoms with van der Waals surface area (Å²) < 4.78 is 5.97. The van der Waals surface area contributed by atoms with Gasteiger partial charge in [0.25, 0.3) is 5.91 Å². The van der Waals surface area contributed by atoms with Crippen molar-refractivity contribution in [1.29, 1.82) is 0 Å². The zero-order chi connectivity index (χ0) is 12.8. The maximum atomic E-state index is 12.0. The van der Waals surface area contributed by atoms with Gasteiger partial charge in [0.2, 0.25) is 0 Å². The molecule has 0 spiro atoms. The first-order chi connectivity index (χ1) is 8.06. The van der Waals surface area contributed by atoms with Crippen LogP contribution in [0.4, 0.5) is 0 Å². The molecule has 94 valence electrons. The van der Waals surface area contributed by atoms with Crippen LogP contribution in [0.5, 0.6) is 0 Å². The van der Waals surface area contributed by atoms with Crippen LogP contribution in [0.3, 0.4) is 0 Å². The Bertz CT molecular complexity index is 373. The molecule has 1 unspecified atom stereocenters. The second kappa shape index (κ2) is 6.77. The summed E-state index contributed by atoms with van der Waals surface area (Å²) in [5.74, 6) is -0.0571. The minimum Gasteiger partial charge on any atom is -0.383 e. The smallest absolute Gasteiger partial charge is 0.251 e. The molecule has 0 aliphatic rings. The first-order valence-corrected chi connectivity index (χ1v) is 6.43. The van der Waals surface area contributed by atoms with E-state index in [4.69, 9.17) is 4.74 Å². The lowest BCUT2D eigenvalue weighted by atomic mass is 10.1. The fourth-order valence-corrected chi connectivity index (χ4v) is 2.21. The lowest BCUT2D eigenvalue weighted by molar-refractivity contribution is 0.0894. The number of nitrogens with one attached hydrogen (secondary N) is 1. The molecule has 0 saturated carbocycles. The molecule has 17 heavy (non-hydrogen) atoms. The Labute approximate surface area is 111 Å². The van der Waals surface area contributed by atoms with E-state index < -0.39 is 0 Å². The number of benzene rings is 1. The third-order valence-electron chi connectivity index (χ3n) is 2.50. The predicted molar refractivity (Wildman–Crippen MR) is 72.3 cm³/mol. The van der Waals surface area contributed by atoms with E-state index in [9.17, 15) is 4.79 Å². The Morgan fingerprint density at radius 1 is 1.47 bits per heavy atom. The largest absolute Gasteiger partial charge is 0.383 e. The molecular formula is C13H18BrNO2. The Morgan fingerprint density at radius 2 is 2.18 bits per heavy atom. The van der Waals surface area contributed by atoms with Gasteiger partial charge in [0.1, 0.15) is 0 Å². The summed E-state index contributed by atoms with van der Waals surface area (Å²) in [7, 11) is 1.64. The van der Waals surface area contributed by atoms with Crippen molar-refractivity contribution in [2.75, 3.05) is 13.7 Å². The summed E-state index contributed by atoms with van der Waals surface area (Å²) >= 11 is 3.39. The van der Waals surface area contributed by atoms with Crippen LogP contribution in [0.25, 0.3) is 0 Å². The molecular weight excluding hydrogens is 282 g/mol. The highest BCUT2D eigenvalue weighted by molar-refractivity contribution is 9.10. The maximum Gasteiger partial charge on any atom is 0.251 e. The topological polar surface area (TPSA) is 38.3 Å². The molecule has 3 nitrogen and oxygen atoms in total. The molecule has 0 radical (unpaired) electrons. The van der Waals surface area contributed by atoms with E-state index in [2.05, 4.69) is 21.2 Å². The highest BCUT2D eigenvalue weighted by atomic mass is 79.9. The van der Waals surface area contributed by atoms with Crippen molar-refractivity contribution in [3.05, 3.63) is 33.8 Å². The number of aryl methyl sites for hydroxylation is 1. The van der Waals surface area contributed by atoms with Crippen LogP contribution in [0, 0.1) is 6.92 Å². The van der Waals surface area contributed by atoms with Crippen LogP contribution in [-0.4, -0.2) is 25.7 Å². The zero-order valence-electron chi connectivity index (χ0n) is 10.4. The summed E-state index contributed by atoms with van der Waals surface area (Å²) in [6, 6.07) is 5.73. The summed E-state index contributed by atoms with van der Waals surface area (Å²) in [5.41, 5.74) is 1.73.